The second-order valence-electron chi connectivity index (χ2n) is 3.62. The predicted molar refractivity (Wildman–Crippen MR) is 36.3 cm³/mol. The Morgan fingerprint density at radius 1 is 1.40 bits per heavy atom. The van der Waals surface area contributed by atoms with Crippen molar-refractivity contribution in [3.8, 4) is 0 Å². The molecule has 0 aliphatic heterocycles. The lowest BCUT2D eigenvalue weighted by Gasteiger charge is -2.17. The van der Waals surface area contributed by atoms with Gasteiger partial charge in [0.25, 0.3) is 0 Å². The molecule has 4 unspecified atom stereocenters. The fourth-order valence-electron chi connectivity index (χ4n) is 2.59. The third-order valence-corrected chi connectivity index (χ3v) is 3.18. The largest absolute Gasteiger partial charge is 0.396 e. The lowest BCUT2D eigenvalue weighted by atomic mass is 9.90. The number of hydrogen-bond donors (Lipinski definition) is 1. The van der Waals surface area contributed by atoms with Crippen LogP contribution in [0.1, 0.15) is 19.3 Å². The normalized spacial score (nSPS) is 52.2. The number of aliphatic hydroxyl groups excluding tert-OH is 1. The molecule has 2 aliphatic rings. The van der Waals surface area contributed by atoms with E-state index in [9.17, 15) is 4.39 Å². The minimum atomic E-state index is -0.586. The standard InChI is InChI=1S/C8H13FO/c9-8-5-1-2-7(8)6(3-5)4-10/h5-8,10H,1-4H2. The van der Waals surface area contributed by atoms with Gasteiger partial charge in [0.1, 0.15) is 6.17 Å². The van der Waals surface area contributed by atoms with Gasteiger partial charge >= 0.3 is 0 Å². The molecule has 2 rings (SSSR count). The van der Waals surface area contributed by atoms with Crippen LogP contribution in [0.3, 0.4) is 0 Å². The molecule has 2 bridgehead atoms. The van der Waals surface area contributed by atoms with Crippen molar-refractivity contribution in [3.05, 3.63) is 0 Å². The Kier molecular flexibility index (Phi) is 1.44. The summed E-state index contributed by atoms with van der Waals surface area (Å²) < 4.78 is 13.1. The van der Waals surface area contributed by atoms with Crippen molar-refractivity contribution in [2.24, 2.45) is 17.8 Å². The number of halogens is 1. The predicted octanol–water partition coefficient (Wildman–Crippen LogP) is 1.36. The molecule has 0 heterocycles. The SMILES string of the molecule is OCC1CC2CCC1C2F. The van der Waals surface area contributed by atoms with Crippen LogP contribution in [0, 0.1) is 17.8 Å². The maximum atomic E-state index is 13.1. The molecule has 0 saturated heterocycles. The minimum Gasteiger partial charge on any atom is -0.396 e. The van der Waals surface area contributed by atoms with Crippen LogP contribution in [0.15, 0.2) is 0 Å². The molecule has 58 valence electrons. The van der Waals surface area contributed by atoms with Crippen molar-refractivity contribution in [1.82, 2.24) is 0 Å². The molecule has 1 nitrogen and oxygen atoms in total. The summed E-state index contributed by atoms with van der Waals surface area (Å²) in [7, 11) is 0. The molecule has 1 N–H and O–H groups in total. The van der Waals surface area contributed by atoms with Gasteiger partial charge in [-0.05, 0) is 37.0 Å². The highest BCUT2D eigenvalue weighted by Crippen LogP contribution is 2.49. The van der Waals surface area contributed by atoms with Crippen molar-refractivity contribution in [2.75, 3.05) is 6.61 Å². The van der Waals surface area contributed by atoms with Crippen LogP contribution >= 0.6 is 0 Å². The number of rotatable bonds is 1. The smallest absolute Gasteiger partial charge is 0.106 e. The zero-order chi connectivity index (χ0) is 7.14. The van der Waals surface area contributed by atoms with Gasteiger partial charge in [-0.2, -0.15) is 0 Å². The van der Waals surface area contributed by atoms with Gasteiger partial charge in [0.05, 0.1) is 0 Å². The minimum absolute atomic E-state index is 0.196. The summed E-state index contributed by atoms with van der Waals surface area (Å²) >= 11 is 0. The first-order valence-electron chi connectivity index (χ1n) is 4.08. The second kappa shape index (κ2) is 2.19. The molecule has 10 heavy (non-hydrogen) atoms. The Hall–Kier alpha value is -0.110. The first-order chi connectivity index (χ1) is 4.83. The monoisotopic (exact) mass is 144 g/mol. The Bertz CT molecular complexity index is 137. The van der Waals surface area contributed by atoms with Crippen molar-refractivity contribution < 1.29 is 9.50 Å². The van der Waals surface area contributed by atoms with E-state index in [1.807, 2.05) is 0 Å². The van der Waals surface area contributed by atoms with Crippen molar-refractivity contribution >= 4 is 0 Å². The van der Waals surface area contributed by atoms with E-state index in [0.717, 1.165) is 19.3 Å². The molecule has 0 aromatic rings. The summed E-state index contributed by atoms with van der Waals surface area (Å²) in [4.78, 5) is 0. The van der Waals surface area contributed by atoms with Gasteiger partial charge < -0.3 is 5.11 Å². The van der Waals surface area contributed by atoms with Gasteiger partial charge in [0, 0.05) is 6.61 Å². The molecule has 2 fully saturated rings. The van der Waals surface area contributed by atoms with Crippen LogP contribution in [0.5, 0.6) is 0 Å². The van der Waals surface area contributed by atoms with Crippen LogP contribution in [0.4, 0.5) is 4.39 Å². The topological polar surface area (TPSA) is 20.2 Å². The highest BCUT2D eigenvalue weighted by molar-refractivity contribution is 4.96. The Morgan fingerprint density at radius 2 is 2.20 bits per heavy atom. The van der Waals surface area contributed by atoms with E-state index >= 15 is 0 Å². The van der Waals surface area contributed by atoms with Gasteiger partial charge in [0.2, 0.25) is 0 Å². The van der Waals surface area contributed by atoms with Crippen LogP contribution in [-0.4, -0.2) is 17.9 Å². The van der Waals surface area contributed by atoms with E-state index in [4.69, 9.17) is 5.11 Å². The van der Waals surface area contributed by atoms with Gasteiger partial charge in [-0.25, -0.2) is 4.39 Å². The maximum absolute atomic E-state index is 13.1. The average Bonchev–Trinajstić information content (AvgIpc) is 2.46. The molecule has 2 heteroatoms. The number of hydrogen-bond acceptors (Lipinski definition) is 1. The van der Waals surface area contributed by atoms with Gasteiger partial charge in [-0.15, -0.1) is 0 Å². The summed E-state index contributed by atoms with van der Waals surface area (Å²) in [5.74, 6) is 0.783. The van der Waals surface area contributed by atoms with Crippen LogP contribution in [0.2, 0.25) is 0 Å². The van der Waals surface area contributed by atoms with Crippen molar-refractivity contribution in [3.63, 3.8) is 0 Å². The summed E-state index contributed by atoms with van der Waals surface area (Å²) in [6, 6.07) is 0. The van der Waals surface area contributed by atoms with Gasteiger partial charge in [-0.1, -0.05) is 0 Å². The number of aliphatic hydroxyl groups is 1. The molecule has 0 amide bonds. The molecular formula is C8H13FO. The van der Waals surface area contributed by atoms with E-state index in [0.29, 0.717) is 5.92 Å². The van der Waals surface area contributed by atoms with E-state index in [1.165, 1.54) is 0 Å². The lowest BCUT2D eigenvalue weighted by molar-refractivity contribution is 0.162. The van der Waals surface area contributed by atoms with Crippen LogP contribution < -0.4 is 0 Å². The Balaban J connectivity index is 2.08. The Labute approximate surface area is 60.2 Å². The maximum Gasteiger partial charge on any atom is 0.106 e. The fraction of sp³-hybridized carbons (Fsp3) is 1.00. The van der Waals surface area contributed by atoms with E-state index < -0.39 is 6.17 Å². The van der Waals surface area contributed by atoms with Crippen LogP contribution in [-0.2, 0) is 0 Å². The highest BCUT2D eigenvalue weighted by atomic mass is 19.1. The van der Waals surface area contributed by atoms with Gasteiger partial charge in [0.15, 0.2) is 0 Å². The van der Waals surface area contributed by atoms with Gasteiger partial charge in [-0.3, -0.25) is 0 Å². The fourth-order valence-corrected chi connectivity index (χ4v) is 2.59. The molecule has 2 aliphatic carbocycles. The van der Waals surface area contributed by atoms with E-state index in [-0.39, 0.29) is 18.4 Å². The number of fused-ring (bicyclic) bond motifs is 2. The number of alkyl halides is 1. The zero-order valence-electron chi connectivity index (χ0n) is 5.96. The summed E-state index contributed by atoms with van der Waals surface area (Å²) in [6.45, 7) is 0.196. The first-order valence-corrected chi connectivity index (χ1v) is 4.08. The third kappa shape index (κ3) is 0.715. The molecule has 2 saturated carbocycles. The molecule has 0 aromatic heterocycles. The summed E-state index contributed by atoms with van der Waals surface area (Å²) in [5.41, 5.74) is 0. The first kappa shape index (κ1) is 6.59. The molecular weight excluding hydrogens is 131 g/mol. The van der Waals surface area contributed by atoms with E-state index in [1.54, 1.807) is 0 Å². The highest BCUT2D eigenvalue weighted by Gasteiger charge is 2.47. The lowest BCUT2D eigenvalue weighted by Crippen LogP contribution is -2.16. The van der Waals surface area contributed by atoms with E-state index in [2.05, 4.69) is 0 Å². The third-order valence-electron chi connectivity index (χ3n) is 3.18. The zero-order valence-corrected chi connectivity index (χ0v) is 5.96. The summed E-state index contributed by atoms with van der Waals surface area (Å²) in [6.07, 6.45) is 2.42. The van der Waals surface area contributed by atoms with Crippen molar-refractivity contribution in [1.29, 1.82) is 0 Å². The molecule has 0 aromatic carbocycles. The summed E-state index contributed by atoms with van der Waals surface area (Å²) in [5, 5.41) is 8.84. The average molecular weight is 144 g/mol. The quantitative estimate of drug-likeness (QED) is 0.589. The molecule has 4 atom stereocenters. The van der Waals surface area contributed by atoms with Crippen molar-refractivity contribution in [2.45, 2.75) is 25.4 Å². The second-order valence-corrected chi connectivity index (χ2v) is 3.62. The molecule has 0 radical (unpaired) electrons. The molecule has 0 spiro atoms. The Morgan fingerprint density at radius 3 is 2.50 bits per heavy atom. The van der Waals surface area contributed by atoms with Crippen LogP contribution in [0.25, 0.3) is 0 Å².